The van der Waals surface area contributed by atoms with E-state index in [1.54, 1.807) is 36.4 Å². The van der Waals surface area contributed by atoms with Crippen LogP contribution in [-0.2, 0) is 6.54 Å². The molecule has 2 N–H and O–H groups in total. The van der Waals surface area contributed by atoms with Gasteiger partial charge >= 0.3 is 0 Å². The van der Waals surface area contributed by atoms with Crippen molar-refractivity contribution in [3.63, 3.8) is 0 Å². The zero-order valence-corrected chi connectivity index (χ0v) is 15.7. The lowest BCUT2D eigenvalue weighted by molar-refractivity contribution is 0.0952. The molecule has 0 saturated carbocycles. The number of hydrogen-bond acceptors (Lipinski definition) is 2. The summed E-state index contributed by atoms with van der Waals surface area (Å²) in [4.78, 5) is 25.0. The first-order valence-electron chi connectivity index (χ1n) is 8.22. The number of carbonyl (C=O) groups is 2. The maximum atomic E-state index is 12.6. The smallest absolute Gasteiger partial charge is 0.255 e. The third-order valence-electron chi connectivity index (χ3n) is 3.90. The van der Waals surface area contributed by atoms with E-state index < -0.39 is 0 Å². The van der Waals surface area contributed by atoms with Crippen molar-refractivity contribution in [1.82, 2.24) is 5.32 Å². The highest BCUT2D eigenvalue weighted by Gasteiger charge is 2.14. The van der Waals surface area contributed by atoms with Crippen molar-refractivity contribution < 1.29 is 9.59 Å². The van der Waals surface area contributed by atoms with Gasteiger partial charge in [0.15, 0.2) is 0 Å². The molecule has 3 aromatic carbocycles. The molecule has 2 amide bonds. The van der Waals surface area contributed by atoms with Gasteiger partial charge in [-0.25, -0.2) is 0 Å². The van der Waals surface area contributed by atoms with E-state index in [4.69, 9.17) is 23.2 Å². The van der Waals surface area contributed by atoms with Gasteiger partial charge in [-0.3, -0.25) is 9.59 Å². The molecule has 0 radical (unpaired) electrons. The van der Waals surface area contributed by atoms with E-state index in [9.17, 15) is 9.59 Å². The minimum atomic E-state index is -0.378. The van der Waals surface area contributed by atoms with E-state index in [0.29, 0.717) is 33.4 Å². The summed E-state index contributed by atoms with van der Waals surface area (Å²) in [6.07, 6.45) is 0. The summed E-state index contributed by atoms with van der Waals surface area (Å²) in [6.45, 7) is 0.398. The molecule has 0 aromatic heterocycles. The Morgan fingerprint density at radius 2 is 1.48 bits per heavy atom. The van der Waals surface area contributed by atoms with Crippen molar-refractivity contribution in [1.29, 1.82) is 0 Å². The van der Waals surface area contributed by atoms with Crippen molar-refractivity contribution in [2.75, 3.05) is 5.32 Å². The van der Waals surface area contributed by atoms with Crippen molar-refractivity contribution >= 4 is 40.7 Å². The van der Waals surface area contributed by atoms with E-state index in [2.05, 4.69) is 10.6 Å². The summed E-state index contributed by atoms with van der Waals surface area (Å²) in [5.74, 6) is -0.652. The molecule has 0 heterocycles. The number of amides is 2. The van der Waals surface area contributed by atoms with Crippen LogP contribution in [0.15, 0.2) is 72.8 Å². The summed E-state index contributed by atoms with van der Waals surface area (Å²) >= 11 is 11.8. The van der Waals surface area contributed by atoms with Crippen LogP contribution in [-0.4, -0.2) is 11.8 Å². The zero-order chi connectivity index (χ0) is 19.2. The first-order valence-corrected chi connectivity index (χ1v) is 8.98. The molecule has 136 valence electrons. The van der Waals surface area contributed by atoms with E-state index in [1.165, 1.54) is 6.07 Å². The molecule has 0 aliphatic carbocycles. The highest BCUT2D eigenvalue weighted by molar-refractivity contribution is 6.42. The average molecular weight is 399 g/mol. The van der Waals surface area contributed by atoms with Crippen LogP contribution in [0.3, 0.4) is 0 Å². The van der Waals surface area contributed by atoms with Crippen LogP contribution in [0, 0.1) is 0 Å². The van der Waals surface area contributed by atoms with Crippen LogP contribution in [0.1, 0.15) is 26.3 Å². The molecule has 0 spiro atoms. The Labute approximate surface area is 167 Å². The Morgan fingerprint density at radius 1 is 0.778 bits per heavy atom. The highest BCUT2D eigenvalue weighted by atomic mass is 35.5. The maximum Gasteiger partial charge on any atom is 0.255 e. The number of hydrogen-bond donors (Lipinski definition) is 2. The monoisotopic (exact) mass is 398 g/mol. The zero-order valence-electron chi connectivity index (χ0n) is 14.2. The van der Waals surface area contributed by atoms with Gasteiger partial charge in [-0.05, 0) is 35.9 Å². The van der Waals surface area contributed by atoms with Crippen LogP contribution in [0.5, 0.6) is 0 Å². The van der Waals surface area contributed by atoms with Gasteiger partial charge < -0.3 is 10.6 Å². The third kappa shape index (κ3) is 4.88. The molecular weight excluding hydrogens is 383 g/mol. The van der Waals surface area contributed by atoms with Crippen molar-refractivity contribution in [3.05, 3.63) is 99.5 Å². The highest BCUT2D eigenvalue weighted by Crippen LogP contribution is 2.23. The fourth-order valence-corrected chi connectivity index (χ4v) is 2.79. The molecule has 0 aliphatic heterocycles. The third-order valence-corrected chi connectivity index (χ3v) is 4.64. The number of halogens is 2. The SMILES string of the molecule is O=C(Nc1ccccc1C(=O)NCc1ccccc1)c1ccc(Cl)c(Cl)c1. The number of rotatable bonds is 5. The minimum Gasteiger partial charge on any atom is -0.348 e. The lowest BCUT2D eigenvalue weighted by Crippen LogP contribution is -2.24. The molecule has 0 unspecified atom stereocenters. The topological polar surface area (TPSA) is 58.2 Å². The summed E-state index contributed by atoms with van der Waals surface area (Å²) in [5.41, 5.74) is 2.13. The molecule has 0 bridgehead atoms. The first kappa shape index (κ1) is 19.0. The summed E-state index contributed by atoms with van der Waals surface area (Å²) in [6, 6.07) is 21.0. The quantitative estimate of drug-likeness (QED) is 0.622. The van der Waals surface area contributed by atoms with Crippen LogP contribution >= 0.6 is 23.2 Å². The molecule has 0 aliphatic rings. The fraction of sp³-hybridized carbons (Fsp3) is 0.0476. The summed E-state index contributed by atoms with van der Waals surface area (Å²) in [7, 11) is 0. The average Bonchev–Trinajstić information content (AvgIpc) is 2.69. The molecule has 0 fully saturated rings. The van der Waals surface area contributed by atoms with Crippen molar-refractivity contribution in [2.45, 2.75) is 6.54 Å². The van der Waals surface area contributed by atoms with Crippen LogP contribution in [0.25, 0.3) is 0 Å². The van der Waals surface area contributed by atoms with Gasteiger partial charge in [-0.2, -0.15) is 0 Å². The second-order valence-electron chi connectivity index (χ2n) is 5.80. The van der Waals surface area contributed by atoms with Crippen LogP contribution < -0.4 is 10.6 Å². The van der Waals surface area contributed by atoms with Gasteiger partial charge in [0.25, 0.3) is 11.8 Å². The second-order valence-corrected chi connectivity index (χ2v) is 6.61. The van der Waals surface area contributed by atoms with Gasteiger partial charge in [-0.15, -0.1) is 0 Å². The predicted octanol–water partition coefficient (Wildman–Crippen LogP) is 5.18. The molecular formula is C21H16Cl2N2O2. The Kier molecular flexibility index (Phi) is 6.12. The lowest BCUT2D eigenvalue weighted by atomic mass is 10.1. The summed E-state index contributed by atoms with van der Waals surface area (Å²) < 4.78 is 0. The van der Waals surface area contributed by atoms with E-state index >= 15 is 0 Å². The van der Waals surface area contributed by atoms with E-state index in [1.807, 2.05) is 30.3 Å². The Balaban J connectivity index is 1.74. The predicted molar refractivity (Wildman–Crippen MR) is 108 cm³/mol. The standard InChI is InChI=1S/C21H16Cl2N2O2/c22-17-11-10-15(12-18(17)23)20(26)25-19-9-5-4-8-16(19)21(27)24-13-14-6-2-1-3-7-14/h1-12H,13H2,(H,24,27)(H,25,26). The summed E-state index contributed by atoms with van der Waals surface area (Å²) in [5, 5.41) is 6.27. The van der Waals surface area contributed by atoms with Crippen LogP contribution in [0.2, 0.25) is 10.0 Å². The Bertz CT molecular complexity index is 975. The van der Waals surface area contributed by atoms with Crippen molar-refractivity contribution in [2.24, 2.45) is 0 Å². The van der Waals surface area contributed by atoms with Gasteiger partial charge in [0.2, 0.25) is 0 Å². The first-order chi connectivity index (χ1) is 13.0. The largest absolute Gasteiger partial charge is 0.348 e. The van der Waals surface area contributed by atoms with Crippen LogP contribution in [0.4, 0.5) is 5.69 Å². The number of para-hydroxylation sites is 1. The lowest BCUT2D eigenvalue weighted by Gasteiger charge is -2.12. The number of nitrogens with one attached hydrogen (secondary N) is 2. The molecule has 0 saturated heterocycles. The van der Waals surface area contributed by atoms with E-state index in [0.717, 1.165) is 5.56 Å². The molecule has 27 heavy (non-hydrogen) atoms. The molecule has 6 heteroatoms. The Hall–Kier alpha value is -2.82. The van der Waals surface area contributed by atoms with Gasteiger partial charge in [0.05, 0.1) is 21.3 Å². The normalized spacial score (nSPS) is 10.3. The number of benzene rings is 3. The van der Waals surface area contributed by atoms with Gasteiger partial charge in [-0.1, -0.05) is 65.7 Å². The van der Waals surface area contributed by atoms with Gasteiger partial charge in [0, 0.05) is 12.1 Å². The minimum absolute atomic E-state index is 0.274. The van der Waals surface area contributed by atoms with E-state index in [-0.39, 0.29) is 11.8 Å². The second kappa shape index (κ2) is 8.71. The molecule has 0 atom stereocenters. The molecule has 3 aromatic rings. The molecule has 3 rings (SSSR count). The van der Waals surface area contributed by atoms with Gasteiger partial charge in [0.1, 0.15) is 0 Å². The molecule has 4 nitrogen and oxygen atoms in total. The number of anilines is 1. The fourth-order valence-electron chi connectivity index (χ4n) is 2.50. The van der Waals surface area contributed by atoms with Crippen molar-refractivity contribution in [3.8, 4) is 0 Å². The maximum absolute atomic E-state index is 12.6. The Morgan fingerprint density at radius 3 is 2.22 bits per heavy atom. The number of carbonyl (C=O) groups excluding carboxylic acids is 2.